The lowest BCUT2D eigenvalue weighted by Crippen LogP contribution is -2.29. The van der Waals surface area contributed by atoms with E-state index in [2.05, 4.69) is 62.4 Å². The highest BCUT2D eigenvalue weighted by atomic mass is 16.1. The van der Waals surface area contributed by atoms with Gasteiger partial charge in [-0.2, -0.15) is 5.10 Å². The number of rotatable bonds is 9. The molecule has 5 heteroatoms. The van der Waals surface area contributed by atoms with Crippen LogP contribution in [0.5, 0.6) is 0 Å². The van der Waals surface area contributed by atoms with Crippen LogP contribution in [0.25, 0.3) is 5.65 Å². The van der Waals surface area contributed by atoms with E-state index in [9.17, 15) is 4.79 Å². The van der Waals surface area contributed by atoms with Crippen LogP contribution in [0.15, 0.2) is 30.5 Å². The number of aryl methyl sites for hydroxylation is 3. The number of benzene rings is 1. The van der Waals surface area contributed by atoms with E-state index in [1.807, 2.05) is 6.92 Å². The van der Waals surface area contributed by atoms with Crippen LogP contribution in [0.2, 0.25) is 0 Å². The van der Waals surface area contributed by atoms with Gasteiger partial charge in [0, 0.05) is 24.4 Å². The van der Waals surface area contributed by atoms with Crippen LogP contribution in [-0.4, -0.2) is 27.0 Å². The van der Waals surface area contributed by atoms with Crippen LogP contribution < -0.4 is 5.32 Å². The summed E-state index contributed by atoms with van der Waals surface area (Å²) in [6.07, 6.45) is 7.07. The minimum Gasteiger partial charge on any atom is -0.352 e. The van der Waals surface area contributed by atoms with E-state index in [-0.39, 0.29) is 5.91 Å². The van der Waals surface area contributed by atoms with Crippen LogP contribution >= 0.6 is 0 Å². The Morgan fingerprint density at radius 2 is 1.87 bits per heavy atom. The maximum Gasteiger partial charge on any atom is 0.256 e. The topological polar surface area (TPSA) is 59.3 Å². The van der Waals surface area contributed by atoms with Crippen molar-refractivity contribution >= 4 is 11.6 Å². The number of carbonyl (C=O) groups is 1. The number of unbranched alkanes of at least 4 members (excludes halogenated alkanes) is 1. The number of carbonyl (C=O) groups excluding carboxylic acids is 1. The zero-order valence-electron chi connectivity index (χ0n) is 19.0. The van der Waals surface area contributed by atoms with Gasteiger partial charge in [-0.1, -0.05) is 62.9 Å². The summed E-state index contributed by atoms with van der Waals surface area (Å²) >= 11 is 0. The molecule has 0 aliphatic carbocycles. The third-order valence-electron chi connectivity index (χ3n) is 6.05. The zero-order chi connectivity index (χ0) is 21.7. The predicted octanol–water partition coefficient (Wildman–Crippen LogP) is 5.19. The molecule has 0 aliphatic heterocycles. The lowest BCUT2D eigenvalue weighted by molar-refractivity contribution is 0.0947. The highest BCUT2D eigenvalue weighted by Gasteiger charge is 2.19. The first-order chi connectivity index (χ1) is 14.4. The molecule has 3 aromatic rings. The SMILES string of the molecule is CCCCC(CC)CNC(=O)c1cnn2c(C)c(Cc3ccc(C)cc3)c(C)nc12. The number of aromatic nitrogens is 3. The van der Waals surface area contributed by atoms with E-state index in [0.29, 0.717) is 23.7 Å². The summed E-state index contributed by atoms with van der Waals surface area (Å²) in [4.78, 5) is 17.6. The van der Waals surface area contributed by atoms with Crippen molar-refractivity contribution in [1.29, 1.82) is 0 Å². The fraction of sp³-hybridized carbons (Fsp3) is 0.480. The lowest BCUT2D eigenvalue weighted by atomic mass is 9.99. The maximum atomic E-state index is 12.8. The minimum atomic E-state index is -0.0856. The van der Waals surface area contributed by atoms with Crippen LogP contribution in [0.4, 0.5) is 0 Å². The summed E-state index contributed by atoms with van der Waals surface area (Å²) in [7, 11) is 0. The monoisotopic (exact) mass is 406 g/mol. The molecule has 2 aromatic heterocycles. The number of hydrogen-bond donors (Lipinski definition) is 1. The van der Waals surface area contributed by atoms with Crippen molar-refractivity contribution in [3.63, 3.8) is 0 Å². The van der Waals surface area contributed by atoms with E-state index in [0.717, 1.165) is 36.2 Å². The van der Waals surface area contributed by atoms with Gasteiger partial charge < -0.3 is 5.32 Å². The molecule has 3 rings (SSSR count). The smallest absolute Gasteiger partial charge is 0.256 e. The van der Waals surface area contributed by atoms with Crippen LogP contribution in [0.3, 0.4) is 0 Å². The normalized spacial score (nSPS) is 12.3. The molecule has 0 bridgehead atoms. The first kappa shape index (κ1) is 22.0. The number of nitrogens with one attached hydrogen (secondary N) is 1. The second kappa shape index (κ2) is 9.88. The first-order valence-electron chi connectivity index (χ1n) is 11.1. The number of fused-ring (bicyclic) bond motifs is 1. The summed E-state index contributed by atoms with van der Waals surface area (Å²) < 4.78 is 1.81. The van der Waals surface area contributed by atoms with E-state index in [1.54, 1.807) is 10.7 Å². The number of nitrogens with zero attached hydrogens (tertiary/aromatic N) is 3. The van der Waals surface area contributed by atoms with Crippen LogP contribution in [0, 0.1) is 26.7 Å². The van der Waals surface area contributed by atoms with Gasteiger partial charge in [-0.05, 0) is 44.2 Å². The van der Waals surface area contributed by atoms with E-state index in [1.165, 1.54) is 24.0 Å². The summed E-state index contributed by atoms with van der Waals surface area (Å²) in [5, 5.41) is 7.59. The van der Waals surface area contributed by atoms with Crippen LogP contribution in [-0.2, 0) is 6.42 Å². The Kier molecular flexibility index (Phi) is 7.24. The summed E-state index contributed by atoms with van der Waals surface area (Å²) in [6.45, 7) is 11.3. The van der Waals surface area contributed by atoms with Gasteiger partial charge in [0.1, 0.15) is 5.56 Å². The highest BCUT2D eigenvalue weighted by molar-refractivity contribution is 5.99. The molecule has 1 aromatic carbocycles. The molecule has 1 unspecified atom stereocenters. The molecule has 1 N–H and O–H groups in total. The van der Waals surface area contributed by atoms with Crippen LogP contribution in [0.1, 0.15) is 78.0 Å². The highest BCUT2D eigenvalue weighted by Crippen LogP contribution is 2.21. The van der Waals surface area contributed by atoms with E-state index >= 15 is 0 Å². The minimum absolute atomic E-state index is 0.0856. The molecule has 0 saturated heterocycles. The standard InChI is InChI=1S/C25H34N4O/c1-6-8-9-20(7-2)15-26-25(30)23-16-27-29-19(5)22(18(4)28-24(23)29)14-21-12-10-17(3)11-13-21/h10-13,16,20H,6-9,14-15H2,1-5H3,(H,26,30). The second-order valence-corrected chi connectivity index (χ2v) is 8.34. The number of amides is 1. The molecule has 2 heterocycles. The summed E-state index contributed by atoms with van der Waals surface area (Å²) in [5.41, 5.74) is 6.83. The quantitative estimate of drug-likeness (QED) is 0.532. The molecule has 0 fully saturated rings. The molecule has 0 radical (unpaired) electrons. The average Bonchev–Trinajstić information content (AvgIpc) is 3.16. The Balaban J connectivity index is 1.81. The third kappa shape index (κ3) is 4.89. The Labute approximate surface area is 179 Å². The van der Waals surface area contributed by atoms with E-state index in [4.69, 9.17) is 4.98 Å². The molecular formula is C25H34N4O. The van der Waals surface area contributed by atoms with E-state index < -0.39 is 0 Å². The molecule has 0 aliphatic rings. The predicted molar refractivity (Wildman–Crippen MR) is 122 cm³/mol. The fourth-order valence-corrected chi connectivity index (χ4v) is 3.91. The van der Waals surface area contributed by atoms with Crippen molar-refractivity contribution in [2.45, 2.75) is 66.7 Å². The van der Waals surface area contributed by atoms with Gasteiger partial charge in [0.2, 0.25) is 0 Å². The maximum absolute atomic E-state index is 12.8. The van der Waals surface area contributed by atoms with Gasteiger partial charge in [0.15, 0.2) is 5.65 Å². The Morgan fingerprint density at radius 1 is 1.13 bits per heavy atom. The largest absolute Gasteiger partial charge is 0.352 e. The Hall–Kier alpha value is -2.69. The molecule has 5 nitrogen and oxygen atoms in total. The van der Waals surface area contributed by atoms with Crippen molar-refractivity contribution < 1.29 is 4.79 Å². The molecule has 160 valence electrons. The van der Waals surface area contributed by atoms with Crippen molar-refractivity contribution in [1.82, 2.24) is 19.9 Å². The number of hydrogen-bond acceptors (Lipinski definition) is 3. The van der Waals surface area contributed by atoms with Gasteiger partial charge in [0.25, 0.3) is 5.91 Å². The zero-order valence-corrected chi connectivity index (χ0v) is 19.0. The van der Waals surface area contributed by atoms with Gasteiger partial charge in [-0.15, -0.1) is 0 Å². The first-order valence-corrected chi connectivity index (χ1v) is 11.1. The van der Waals surface area contributed by atoms with Crippen molar-refractivity contribution in [2.24, 2.45) is 5.92 Å². The second-order valence-electron chi connectivity index (χ2n) is 8.34. The molecular weight excluding hydrogens is 372 g/mol. The molecule has 1 atom stereocenters. The molecule has 1 amide bonds. The Bertz CT molecular complexity index is 1000. The van der Waals surface area contributed by atoms with Crippen molar-refractivity contribution in [3.8, 4) is 0 Å². The van der Waals surface area contributed by atoms with Gasteiger partial charge in [-0.3, -0.25) is 4.79 Å². The molecule has 30 heavy (non-hydrogen) atoms. The molecule has 0 spiro atoms. The van der Waals surface area contributed by atoms with Gasteiger partial charge in [-0.25, -0.2) is 9.50 Å². The Morgan fingerprint density at radius 3 is 2.53 bits per heavy atom. The molecule has 0 saturated carbocycles. The lowest BCUT2D eigenvalue weighted by Gasteiger charge is -2.15. The summed E-state index contributed by atoms with van der Waals surface area (Å²) in [6, 6.07) is 8.57. The summed E-state index contributed by atoms with van der Waals surface area (Å²) in [5.74, 6) is 0.436. The fourth-order valence-electron chi connectivity index (χ4n) is 3.91. The average molecular weight is 407 g/mol. The van der Waals surface area contributed by atoms with Gasteiger partial charge >= 0.3 is 0 Å². The van der Waals surface area contributed by atoms with Gasteiger partial charge in [0.05, 0.1) is 6.20 Å². The van der Waals surface area contributed by atoms with Crippen molar-refractivity contribution in [3.05, 3.63) is 64.1 Å². The third-order valence-corrected chi connectivity index (χ3v) is 6.05. The van der Waals surface area contributed by atoms with Crippen molar-refractivity contribution in [2.75, 3.05) is 6.54 Å².